The van der Waals surface area contributed by atoms with Gasteiger partial charge in [0, 0.05) is 22.9 Å². The van der Waals surface area contributed by atoms with Crippen LogP contribution in [-0.2, 0) is 9.59 Å². The molecule has 3 amide bonds. The summed E-state index contributed by atoms with van der Waals surface area (Å²) in [5.74, 6) is 0.308. The molecule has 0 unspecified atom stereocenters. The number of ketones is 1. The number of anilines is 1. The number of hydrogen-bond acceptors (Lipinski definition) is 6. The summed E-state index contributed by atoms with van der Waals surface area (Å²) in [6.45, 7) is 5.29. The summed E-state index contributed by atoms with van der Waals surface area (Å²) in [6.07, 6.45) is 1.49. The number of imide groups is 1. The lowest BCUT2D eigenvalue weighted by molar-refractivity contribution is -0.127. The van der Waals surface area contributed by atoms with Crippen molar-refractivity contribution in [2.75, 3.05) is 11.9 Å². The summed E-state index contributed by atoms with van der Waals surface area (Å²) < 4.78 is 5.80. The van der Waals surface area contributed by atoms with Gasteiger partial charge in [0.2, 0.25) is 5.91 Å². The molecule has 1 aliphatic heterocycles. The molecular weight excluding hydrogens is 464 g/mol. The molecule has 1 N–H and O–H groups in total. The highest BCUT2D eigenvalue weighted by molar-refractivity contribution is 8.18. The first-order valence-electron chi connectivity index (χ1n) is 11.1. The highest BCUT2D eigenvalue weighted by atomic mass is 32.2. The molecule has 0 radical (unpaired) electrons. The molecule has 35 heavy (non-hydrogen) atoms. The van der Waals surface area contributed by atoms with Crippen molar-refractivity contribution in [3.63, 3.8) is 0 Å². The number of rotatable bonds is 7. The minimum absolute atomic E-state index is 0.0230. The second-order valence-corrected chi connectivity index (χ2v) is 9.42. The quantitative estimate of drug-likeness (QED) is 0.326. The molecule has 0 atom stereocenters. The van der Waals surface area contributed by atoms with Gasteiger partial charge in [-0.1, -0.05) is 50.2 Å². The van der Waals surface area contributed by atoms with E-state index in [0.717, 1.165) is 27.8 Å². The Labute approximate surface area is 207 Å². The molecule has 2 heterocycles. The van der Waals surface area contributed by atoms with Crippen LogP contribution in [0.5, 0.6) is 0 Å². The van der Waals surface area contributed by atoms with Crippen molar-refractivity contribution in [2.24, 2.45) is 0 Å². The lowest BCUT2D eigenvalue weighted by Gasteiger charge is -2.13. The van der Waals surface area contributed by atoms with Crippen LogP contribution in [0.3, 0.4) is 0 Å². The maximum atomic E-state index is 12.8. The third-order valence-corrected chi connectivity index (χ3v) is 6.42. The van der Waals surface area contributed by atoms with E-state index in [1.165, 1.54) is 13.0 Å². The molecule has 1 fully saturated rings. The van der Waals surface area contributed by atoms with Crippen molar-refractivity contribution < 1.29 is 23.6 Å². The van der Waals surface area contributed by atoms with Gasteiger partial charge in [-0.2, -0.15) is 0 Å². The number of benzene rings is 2. The van der Waals surface area contributed by atoms with E-state index in [-0.39, 0.29) is 17.2 Å². The summed E-state index contributed by atoms with van der Waals surface area (Å²) in [4.78, 5) is 50.1. The van der Waals surface area contributed by atoms with Crippen LogP contribution >= 0.6 is 11.8 Å². The Morgan fingerprint density at radius 2 is 1.69 bits per heavy atom. The zero-order chi connectivity index (χ0) is 25.1. The summed E-state index contributed by atoms with van der Waals surface area (Å²) in [5, 5.41) is 2.20. The minimum Gasteiger partial charge on any atom is -0.457 e. The van der Waals surface area contributed by atoms with Gasteiger partial charge in [-0.25, -0.2) is 0 Å². The molecule has 3 aromatic rings. The van der Waals surface area contributed by atoms with Gasteiger partial charge >= 0.3 is 0 Å². The zero-order valence-electron chi connectivity index (χ0n) is 19.5. The Hall–Kier alpha value is -3.91. The van der Waals surface area contributed by atoms with E-state index in [1.54, 1.807) is 48.5 Å². The molecular formula is C27H24N2O5S. The Morgan fingerprint density at radius 3 is 2.31 bits per heavy atom. The number of thioether (sulfide) groups is 1. The van der Waals surface area contributed by atoms with Gasteiger partial charge in [0.05, 0.1) is 4.91 Å². The monoisotopic (exact) mass is 488 g/mol. The van der Waals surface area contributed by atoms with Gasteiger partial charge in [-0.15, -0.1) is 0 Å². The highest BCUT2D eigenvalue weighted by Crippen LogP contribution is 2.33. The fourth-order valence-corrected chi connectivity index (χ4v) is 4.33. The van der Waals surface area contributed by atoms with Crippen LogP contribution in [0.1, 0.15) is 48.4 Å². The SMILES string of the molecule is CC(=O)c1ccc(-c2ccc(/C=C3/SC(=O)N(CC(=O)Nc4ccc(C(C)C)cc4)C3=O)o2)cc1. The maximum Gasteiger partial charge on any atom is 0.294 e. The topological polar surface area (TPSA) is 96.7 Å². The van der Waals surface area contributed by atoms with Crippen molar-refractivity contribution in [3.8, 4) is 11.3 Å². The molecule has 1 aromatic heterocycles. The van der Waals surface area contributed by atoms with Gasteiger partial charge in [0.25, 0.3) is 11.1 Å². The smallest absolute Gasteiger partial charge is 0.294 e. The van der Waals surface area contributed by atoms with Crippen LogP contribution in [0.4, 0.5) is 10.5 Å². The highest BCUT2D eigenvalue weighted by Gasteiger charge is 2.36. The second kappa shape index (κ2) is 10.1. The van der Waals surface area contributed by atoms with E-state index in [4.69, 9.17) is 4.42 Å². The third-order valence-electron chi connectivity index (χ3n) is 5.51. The van der Waals surface area contributed by atoms with Gasteiger partial charge in [0.15, 0.2) is 5.78 Å². The molecule has 4 rings (SSSR count). The van der Waals surface area contributed by atoms with Crippen molar-refractivity contribution in [3.05, 3.63) is 82.5 Å². The van der Waals surface area contributed by atoms with Crippen molar-refractivity contribution in [1.29, 1.82) is 0 Å². The molecule has 0 bridgehead atoms. The van der Waals surface area contributed by atoms with E-state index >= 15 is 0 Å². The maximum absolute atomic E-state index is 12.8. The molecule has 0 saturated carbocycles. The normalized spacial score (nSPS) is 14.7. The predicted octanol–water partition coefficient (Wildman–Crippen LogP) is 5.95. The first-order valence-corrected chi connectivity index (χ1v) is 11.9. The summed E-state index contributed by atoms with van der Waals surface area (Å²) in [6, 6.07) is 17.9. The zero-order valence-corrected chi connectivity index (χ0v) is 20.3. The average Bonchev–Trinajstić information content (AvgIpc) is 3.40. The van der Waals surface area contributed by atoms with Crippen LogP contribution in [0, 0.1) is 0 Å². The first-order chi connectivity index (χ1) is 16.7. The third kappa shape index (κ3) is 5.60. The average molecular weight is 489 g/mol. The van der Waals surface area contributed by atoms with Crippen molar-refractivity contribution in [2.45, 2.75) is 26.7 Å². The first kappa shape index (κ1) is 24.2. The molecule has 1 aliphatic rings. The van der Waals surface area contributed by atoms with Gasteiger partial charge in [-0.05, 0) is 54.4 Å². The Bertz CT molecular complexity index is 1320. The number of carbonyl (C=O) groups is 4. The van der Waals surface area contributed by atoms with E-state index in [2.05, 4.69) is 19.2 Å². The number of hydrogen-bond donors (Lipinski definition) is 1. The summed E-state index contributed by atoms with van der Waals surface area (Å²) >= 11 is 0.761. The number of nitrogens with one attached hydrogen (secondary N) is 1. The minimum atomic E-state index is -0.547. The number of carbonyl (C=O) groups excluding carboxylic acids is 4. The second-order valence-electron chi connectivity index (χ2n) is 8.43. The van der Waals surface area contributed by atoms with Crippen molar-refractivity contribution >= 4 is 46.4 Å². The van der Waals surface area contributed by atoms with E-state index in [0.29, 0.717) is 28.7 Å². The van der Waals surface area contributed by atoms with Crippen LogP contribution in [0.15, 0.2) is 70.0 Å². The number of Topliss-reactive ketones (excluding diaryl/α,β-unsaturated/α-hetero) is 1. The molecule has 0 spiro atoms. The molecule has 8 heteroatoms. The van der Waals surface area contributed by atoms with Gasteiger partial charge < -0.3 is 9.73 Å². The van der Waals surface area contributed by atoms with Crippen LogP contribution < -0.4 is 5.32 Å². The summed E-state index contributed by atoms with van der Waals surface area (Å²) in [5.41, 5.74) is 3.13. The molecule has 0 aliphatic carbocycles. The van der Waals surface area contributed by atoms with E-state index in [9.17, 15) is 19.2 Å². The van der Waals surface area contributed by atoms with Crippen LogP contribution in [0.2, 0.25) is 0 Å². The predicted molar refractivity (Wildman–Crippen MR) is 136 cm³/mol. The molecule has 1 saturated heterocycles. The Morgan fingerprint density at radius 1 is 1.00 bits per heavy atom. The lowest BCUT2D eigenvalue weighted by Crippen LogP contribution is -2.36. The lowest BCUT2D eigenvalue weighted by atomic mass is 10.0. The Balaban J connectivity index is 1.41. The van der Waals surface area contributed by atoms with Crippen LogP contribution in [-0.4, -0.2) is 34.3 Å². The standard InChI is InChI=1S/C27H24N2O5S/c1-16(2)18-8-10-21(11-9-18)28-25(31)15-29-26(32)24(35-27(29)33)14-22-12-13-23(34-22)20-6-4-19(5-7-20)17(3)30/h4-14,16H,15H2,1-3H3,(H,28,31)/b24-14+. The number of furan rings is 1. The fourth-order valence-electron chi connectivity index (χ4n) is 3.52. The number of amides is 3. The summed E-state index contributed by atoms with van der Waals surface area (Å²) in [7, 11) is 0. The Kier molecular flexibility index (Phi) is 7.02. The number of nitrogens with zero attached hydrogens (tertiary/aromatic N) is 1. The van der Waals surface area contributed by atoms with Gasteiger partial charge in [-0.3, -0.25) is 24.1 Å². The van der Waals surface area contributed by atoms with E-state index < -0.39 is 17.1 Å². The molecule has 7 nitrogen and oxygen atoms in total. The largest absolute Gasteiger partial charge is 0.457 e. The van der Waals surface area contributed by atoms with E-state index in [1.807, 2.05) is 12.1 Å². The van der Waals surface area contributed by atoms with Crippen LogP contribution in [0.25, 0.3) is 17.4 Å². The molecule has 178 valence electrons. The van der Waals surface area contributed by atoms with Gasteiger partial charge in [0.1, 0.15) is 18.1 Å². The van der Waals surface area contributed by atoms with Crippen molar-refractivity contribution in [1.82, 2.24) is 4.90 Å². The fraction of sp³-hybridized carbons (Fsp3) is 0.185. The molecule has 2 aromatic carbocycles.